The number of nitrogens with zero attached hydrogens (tertiary/aromatic N) is 6. The number of anilines is 2. The molecule has 2 fully saturated rings. The number of ether oxygens (including phenoxy) is 1. The molecule has 2 saturated heterocycles. The third-order valence-electron chi connectivity index (χ3n) is 7.55. The zero-order valence-corrected chi connectivity index (χ0v) is 23.8. The van der Waals surface area contributed by atoms with Crippen molar-refractivity contribution >= 4 is 17.6 Å². The Bertz CT molecular complexity index is 1090. The van der Waals surface area contributed by atoms with Gasteiger partial charge < -0.3 is 24.3 Å². The predicted octanol–water partition coefficient (Wildman–Crippen LogP) is 4.60. The van der Waals surface area contributed by atoms with Crippen molar-refractivity contribution in [1.82, 2.24) is 19.8 Å². The second-order valence-electron chi connectivity index (χ2n) is 11.3. The number of carbonyl (C=O) groups is 1. The van der Waals surface area contributed by atoms with Crippen LogP contribution in [0, 0.1) is 6.92 Å². The second-order valence-corrected chi connectivity index (χ2v) is 11.3. The molecule has 0 bridgehead atoms. The van der Waals surface area contributed by atoms with Gasteiger partial charge in [0.2, 0.25) is 0 Å². The number of likely N-dealkylation sites (N-methyl/N-ethyl adjacent to an activating group) is 2. The fourth-order valence-electron chi connectivity index (χ4n) is 5.40. The van der Waals surface area contributed by atoms with E-state index in [2.05, 4.69) is 70.7 Å². The number of likely N-dealkylation sites (tertiary alicyclic amines) is 1. The molecule has 0 spiro atoms. The lowest BCUT2D eigenvalue weighted by Gasteiger charge is -2.33. The van der Waals surface area contributed by atoms with Crippen LogP contribution in [0.25, 0.3) is 11.3 Å². The molecule has 0 N–H and O–H groups in total. The number of hydrogen-bond acceptors (Lipinski definition) is 7. The molecule has 1 amide bonds. The zero-order chi connectivity index (χ0) is 26.7. The maximum absolute atomic E-state index is 12.7. The molecular formula is C29H44N6O2. The zero-order valence-electron chi connectivity index (χ0n) is 23.8. The van der Waals surface area contributed by atoms with E-state index in [0.29, 0.717) is 6.54 Å². The lowest BCUT2D eigenvalue weighted by Crippen LogP contribution is -2.44. The van der Waals surface area contributed by atoms with Crippen molar-refractivity contribution in [1.29, 1.82) is 0 Å². The molecule has 1 atom stereocenters. The van der Waals surface area contributed by atoms with E-state index in [-0.39, 0.29) is 12.1 Å². The van der Waals surface area contributed by atoms with E-state index < -0.39 is 5.60 Å². The number of piperazine rings is 1. The number of aromatic nitrogens is 2. The Kier molecular flexibility index (Phi) is 8.26. The minimum absolute atomic E-state index is 0.219. The maximum atomic E-state index is 12.7. The van der Waals surface area contributed by atoms with Gasteiger partial charge in [-0.15, -0.1) is 0 Å². The van der Waals surface area contributed by atoms with Crippen LogP contribution in [0.4, 0.5) is 16.3 Å². The molecule has 1 aromatic carbocycles. The van der Waals surface area contributed by atoms with Gasteiger partial charge in [-0.05, 0) is 77.8 Å². The normalized spacial score (nSPS) is 18.8. The fraction of sp³-hybridized carbons (Fsp3) is 0.621. The quantitative estimate of drug-likeness (QED) is 0.565. The first-order valence-electron chi connectivity index (χ1n) is 13.7. The summed E-state index contributed by atoms with van der Waals surface area (Å²) in [5.41, 5.74) is 5.45. The van der Waals surface area contributed by atoms with Crippen LogP contribution in [0.5, 0.6) is 0 Å². The summed E-state index contributed by atoms with van der Waals surface area (Å²) in [6.07, 6.45) is 3.36. The Morgan fingerprint density at radius 2 is 1.81 bits per heavy atom. The van der Waals surface area contributed by atoms with E-state index >= 15 is 0 Å². The monoisotopic (exact) mass is 508 g/mol. The van der Waals surface area contributed by atoms with Crippen molar-refractivity contribution in [3.05, 3.63) is 35.7 Å². The summed E-state index contributed by atoms with van der Waals surface area (Å²) in [4.78, 5) is 31.0. The van der Waals surface area contributed by atoms with Gasteiger partial charge in [0.15, 0.2) is 0 Å². The van der Waals surface area contributed by atoms with Crippen LogP contribution in [0.3, 0.4) is 0 Å². The molecule has 0 aliphatic carbocycles. The first kappa shape index (κ1) is 27.2. The molecule has 4 rings (SSSR count). The maximum Gasteiger partial charge on any atom is 0.410 e. The average molecular weight is 509 g/mol. The lowest BCUT2D eigenvalue weighted by molar-refractivity contribution is 0.0292. The number of benzene rings is 1. The highest BCUT2D eigenvalue weighted by Crippen LogP contribution is 2.34. The van der Waals surface area contributed by atoms with E-state index in [1.54, 1.807) is 6.33 Å². The summed E-state index contributed by atoms with van der Waals surface area (Å²) in [6.45, 7) is 18.7. The molecule has 1 aromatic heterocycles. The molecule has 2 aliphatic heterocycles. The van der Waals surface area contributed by atoms with Crippen LogP contribution < -0.4 is 9.80 Å². The molecule has 0 saturated carbocycles. The summed E-state index contributed by atoms with van der Waals surface area (Å²) in [6, 6.07) is 6.95. The van der Waals surface area contributed by atoms with E-state index in [1.165, 1.54) is 16.8 Å². The number of carbonyl (C=O) groups excluding carboxylic acids is 1. The number of rotatable bonds is 6. The SMILES string of the molecule is CCc1cc(-c2cc(N3CCN(C)CC3)ncn2)cc(N(CC)C2CCN(C(=O)OC(C)(C)C)C2)c1C. The third kappa shape index (κ3) is 6.35. The van der Waals surface area contributed by atoms with E-state index in [9.17, 15) is 4.79 Å². The fourth-order valence-corrected chi connectivity index (χ4v) is 5.40. The Labute approximate surface area is 222 Å². The Hall–Kier alpha value is -2.87. The Balaban J connectivity index is 1.61. The van der Waals surface area contributed by atoms with Crippen molar-refractivity contribution < 1.29 is 9.53 Å². The van der Waals surface area contributed by atoms with Crippen molar-refractivity contribution in [3.8, 4) is 11.3 Å². The highest BCUT2D eigenvalue weighted by Gasteiger charge is 2.33. The molecule has 202 valence electrons. The van der Waals surface area contributed by atoms with Crippen LogP contribution in [0.2, 0.25) is 0 Å². The Morgan fingerprint density at radius 3 is 2.46 bits per heavy atom. The van der Waals surface area contributed by atoms with Crippen LogP contribution in [0.1, 0.15) is 52.2 Å². The van der Waals surface area contributed by atoms with Crippen LogP contribution in [-0.2, 0) is 11.2 Å². The Morgan fingerprint density at radius 1 is 1.08 bits per heavy atom. The summed E-state index contributed by atoms with van der Waals surface area (Å²) in [7, 11) is 2.17. The van der Waals surface area contributed by atoms with Gasteiger partial charge in [0.25, 0.3) is 0 Å². The number of aryl methyl sites for hydroxylation is 1. The van der Waals surface area contributed by atoms with Gasteiger partial charge in [-0.25, -0.2) is 14.8 Å². The topological polar surface area (TPSA) is 65.0 Å². The summed E-state index contributed by atoms with van der Waals surface area (Å²) >= 11 is 0. The third-order valence-corrected chi connectivity index (χ3v) is 7.55. The molecule has 1 unspecified atom stereocenters. The van der Waals surface area contributed by atoms with Gasteiger partial charge >= 0.3 is 6.09 Å². The minimum atomic E-state index is -0.485. The minimum Gasteiger partial charge on any atom is -0.444 e. The van der Waals surface area contributed by atoms with Crippen LogP contribution >= 0.6 is 0 Å². The molecule has 8 nitrogen and oxygen atoms in total. The molecule has 2 aliphatic rings. The molecule has 0 radical (unpaired) electrons. The van der Waals surface area contributed by atoms with E-state index in [4.69, 9.17) is 4.74 Å². The van der Waals surface area contributed by atoms with Gasteiger partial charge in [0, 0.05) is 69.2 Å². The molecule has 3 heterocycles. The standard InChI is InChI=1S/C29H44N6O2/c1-8-22-16-23(25-18-27(31-20-30-25)33-14-12-32(7)13-15-33)17-26(21(22)3)35(9-2)24-10-11-34(19-24)28(36)37-29(4,5)6/h16-18,20,24H,8-15,19H2,1-7H3. The van der Waals surface area contributed by atoms with Crippen molar-refractivity contribution in [2.75, 3.05) is 62.7 Å². The molecule has 8 heteroatoms. The molecular weight excluding hydrogens is 464 g/mol. The first-order valence-corrected chi connectivity index (χ1v) is 13.7. The van der Waals surface area contributed by atoms with Crippen molar-refractivity contribution in [3.63, 3.8) is 0 Å². The van der Waals surface area contributed by atoms with Crippen LogP contribution in [-0.4, -0.2) is 90.4 Å². The summed E-state index contributed by atoms with van der Waals surface area (Å²) in [5, 5.41) is 0. The van der Waals surface area contributed by atoms with Gasteiger partial charge in [-0.3, -0.25) is 0 Å². The van der Waals surface area contributed by atoms with Gasteiger partial charge in [0.05, 0.1) is 5.69 Å². The first-order chi connectivity index (χ1) is 17.6. The van der Waals surface area contributed by atoms with E-state index in [0.717, 1.165) is 69.2 Å². The van der Waals surface area contributed by atoms with Gasteiger partial charge in [-0.1, -0.05) is 6.92 Å². The number of hydrogen-bond donors (Lipinski definition) is 0. The second kappa shape index (κ2) is 11.3. The number of amides is 1. The average Bonchev–Trinajstić information content (AvgIpc) is 3.35. The highest BCUT2D eigenvalue weighted by atomic mass is 16.6. The van der Waals surface area contributed by atoms with Crippen molar-refractivity contribution in [2.24, 2.45) is 0 Å². The van der Waals surface area contributed by atoms with Gasteiger partial charge in [-0.2, -0.15) is 0 Å². The smallest absolute Gasteiger partial charge is 0.410 e. The van der Waals surface area contributed by atoms with Crippen LogP contribution in [0.15, 0.2) is 24.5 Å². The largest absolute Gasteiger partial charge is 0.444 e. The summed E-state index contributed by atoms with van der Waals surface area (Å²) < 4.78 is 5.64. The summed E-state index contributed by atoms with van der Waals surface area (Å²) in [5.74, 6) is 0.995. The lowest BCUT2D eigenvalue weighted by atomic mass is 9.97. The van der Waals surface area contributed by atoms with Gasteiger partial charge in [0.1, 0.15) is 17.7 Å². The molecule has 2 aromatic rings. The molecule has 37 heavy (non-hydrogen) atoms. The van der Waals surface area contributed by atoms with E-state index in [1.807, 2.05) is 25.7 Å². The predicted molar refractivity (Wildman–Crippen MR) is 151 cm³/mol. The van der Waals surface area contributed by atoms with Crippen molar-refractivity contribution in [2.45, 2.75) is 66.0 Å². The highest BCUT2D eigenvalue weighted by molar-refractivity contribution is 5.73.